The van der Waals surface area contributed by atoms with Crippen LogP contribution in [-0.4, -0.2) is 48.3 Å². The lowest BCUT2D eigenvalue weighted by molar-refractivity contribution is -0.121. The fourth-order valence-electron chi connectivity index (χ4n) is 3.11. The highest BCUT2D eigenvalue weighted by molar-refractivity contribution is 6.22. The van der Waals surface area contributed by atoms with Gasteiger partial charge in [0.2, 0.25) is 0 Å². The van der Waals surface area contributed by atoms with Crippen molar-refractivity contribution in [3.8, 4) is 0 Å². The van der Waals surface area contributed by atoms with Crippen LogP contribution in [0.5, 0.6) is 0 Å². The standard InChI is InChI=1S/C22H20N2O5/c1-3-12-24-20(26)17-11-10-15(13-18(17)21(24)27)22(28)29-14-19(25)23(4-2)16-8-6-5-7-9-16/h3,5-11,13H,1,4,12,14H2,2H3. The minimum Gasteiger partial charge on any atom is -0.452 e. The lowest BCUT2D eigenvalue weighted by Gasteiger charge is -2.20. The number of benzene rings is 2. The average molecular weight is 392 g/mol. The molecule has 0 spiro atoms. The number of esters is 1. The highest BCUT2D eigenvalue weighted by atomic mass is 16.5. The van der Waals surface area contributed by atoms with Crippen molar-refractivity contribution in [2.45, 2.75) is 6.92 Å². The highest BCUT2D eigenvalue weighted by Gasteiger charge is 2.35. The number of imide groups is 1. The lowest BCUT2D eigenvalue weighted by Crippen LogP contribution is -2.34. The number of nitrogens with zero attached hydrogens (tertiary/aromatic N) is 2. The smallest absolute Gasteiger partial charge is 0.338 e. The molecule has 0 saturated heterocycles. The molecule has 2 aromatic rings. The minimum absolute atomic E-state index is 0.0902. The average Bonchev–Trinajstić information content (AvgIpc) is 2.98. The summed E-state index contributed by atoms with van der Waals surface area (Å²) < 4.78 is 5.13. The summed E-state index contributed by atoms with van der Waals surface area (Å²) in [5.41, 5.74) is 1.17. The number of para-hydroxylation sites is 1. The van der Waals surface area contributed by atoms with Gasteiger partial charge < -0.3 is 9.64 Å². The van der Waals surface area contributed by atoms with Gasteiger partial charge in [-0.15, -0.1) is 6.58 Å². The van der Waals surface area contributed by atoms with Crippen LogP contribution in [0.15, 0.2) is 61.2 Å². The molecule has 1 aliphatic rings. The van der Waals surface area contributed by atoms with E-state index in [1.165, 1.54) is 29.2 Å². The van der Waals surface area contributed by atoms with E-state index in [2.05, 4.69) is 6.58 Å². The summed E-state index contributed by atoms with van der Waals surface area (Å²) in [7, 11) is 0. The van der Waals surface area contributed by atoms with Crippen molar-refractivity contribution in [2.24, 2.45) is 0 Å². The van der Waals surface area contributed by atoms with Crippen molar-refractivity contribution in [1.82, 2.24) is 4.90 Å². The van der Waals surface area contributed by atoms with Crippen LogP contribution < -0.4 is 4.90 Å². The van der Waals surface area contributed by atoms with Crippen LogP contribution in [-0.2, 0) is 9.53 Å². The minimum atomic E-state index is -0.743. The SMILES string of the molecule is C=CCN1C(=O)c2ccc(C(=O)OCC(=O)N(CC)c3ccccc3)cc2C1=O. The molecule has 0 unspecified atom stereocenters. The molecule has 3 amide bonds. The maximum Gasteiger partial charge on any atom is 0.338 e. The van der Waals surface area contributed by atoms with Crippen molar-refractivity contribution in [3.05, 3.63) is 77.9 Å². The van der Waals surface area contributed by atoms with Crippen molar-refractivity contribution in [3.63, 3.8) is 0 Å². The van der Waals surface area contributed by atoms with Crippen molar-refractivity contribution >= 4 is 29.4 Å². The molecular weight excluding hydrogens is 372 g/mol. The summed E-state index contributed by atoms with van der Waals surface area (Å²) in [4.78, 5) is 52.0. The van der Waals surface area contributed by atoms with E-state index in [4.69, 9.17) is 4.74 Å². The van der Waals surface area contributed by atoms with Crippen LogP contribution in [0.1, 0.15) is 38.0 Å². The van der Waals surface area contributed by atoms with Gasteiger partial charge in [0.25, 0.3) is 17.7 Å². The fraction of sp³-hybridized carbons (Fsp3) is 0.182. The number of anilines is 1. The van der Waals surface area contributed by atoms with Crippen LogP contribution in [0.2, 0.25) is 0 Å². The first kappa shape index (κ1) is 20.0. The van der Waals surface area contributed by atoms with Crippen molar-refractivity contribution in [2.75, 3.05) is 24.6 Å². The van der Waals surface area contributed by atoms with Gasteiger partial charge in [-0.1, -0.05) is 24.3 Å². The maximum absolute atomic E-state index is 12.4. The Labute approximate surface area is 168 Å². The molecule has 0 atom stereocenters. The van der Waals surface area contributed by atoms with Crippen LogP contribution in [0.25, 0.3) is 0 Å². The molecule has 3 rings (SSSR count). The van der Waals surface area contributed by atoms with E-state index in [-0.39, 0.29) is 29.1 Å². The third-order valence-corrected chi connectivity index (χ3v) is 4.53. The van der Waals surface area contributed by atoms with Gasteiger partial charge in [-0.25, -0.2) is 4.79 Å². The summed E-state index contributed by atoms with van der Waals surface area (Å²) >= 11 is 0. The molecule has 0 fully saturated rings. The molecule has 0 aliphatic carbocycles. The van der Waals surface area contributed by atoms with E-state index in [9.17, 15) is 19.2 Å². The highest BCUT2D eigenvalue weighted by Crippen LogP contribution is 2.24. The Morgan fingerprint density at radius 3 is 2.41 bits per heavy atom. The Balaban J connectivity index is 1.69. The Bertz CT molecular complexity index is 984. The van der Waals surface area contributed by atoms with E-state index in [0.29, 0.717) is 12.2 Å². The first-order chi connectivity index (χ1) is 14.0. The molecular formula is C22H20N2O5. The van der Waals surface area contributed by atoms with Gasteiger partial charge in [-0.3, -0.25) is 19.3 Å². The number of likely N-dealkylation sites (N-methyl/N-ethyl adjacent to an activating group) is 1. The normalized spacial score (nSPS) is 12.5. The summed E-state index contributed by atoms with van der Waals surface area (Å²) in [6, 6.07) is 13.2. The first-order valence-corrected chi connectivity index (χ1v) is 9.11. The number of carbonyl (C=O) groups excluding carboxylic acids is 4. The van der Waals surface area contributed by atoms with Crippen LogP contribution in [0.3, 0.4) is 0 Å². The number of fused-ring (bicyclic) bond motifs is 1. The molecule has 0 saturated carbocycles. The molecule has 1 aliphatic heterocycles. The molecule has 1 heterocycles. The second-order valence-corrected chi connectivity index (χ2v) is 6.32. The Hall–Kier alpha value is -3.74. The lowest BCUT2D eigenvalue weighted by atomic mass is 10.1. The number of amides is 3. The third-order valence-electron chi connectivity index (χ3n) is 4.53. The zero-order valence-corrected chi connectivity index (χ0v) is 16.0. The molecule has 29 heavy (non-hydrogen) atoms. The Kier molecular flexibility index (Phi) is 5.87. The molecule has 0 aromatic heterocycles. The molecule has 148 valence electrons. The van der Waals surface area contributed by atoms with Crippen molar-refractivity contribution in [1.29, 1.82) is 0 Å². The van der Waals surface area contributed by atoms with Crippen LogP contribution in [0.4, 0.5) is 5.69 Å². The molecule has 0 radical (unpaired) electrons. The van der Waals surface area contributed by atoms with Crippen LogP contribution in [0, 0.1) is 0 Å². The topological polar surface area (TPSA) is 84.0 Å². The maximum atomic E-state index is 12.4. The summed E-state index contributed by atoms with van der Waals surface area (Å²) in [5, 5.41) is 0. The first-order valence-electron chi connectivity index (χ1n) is 9.11. The molecule has 7 nitrogen and oxygen atoms in total. The number of rotatable bonds is 7. The fourth-order valence-corrected chi connectivity index (χ4v) is 3.11. The molecule has 2 aromatic carbocycles. The van der Waals surface area contributed by atoms with E-state index in [1.54, 1.807) is 12.1 Å². The number of carbonyl (C=O) groups is 4. The zero-order chi connectivity index (χ0) is 21.0. The second kappa shape index (κ2) is 8.52. The number of hydrogen-bond acceptors (Lipinski definition) is 5. The van der Waals surface area contributed by atoms with Gasteiger partial charge in [0, 0.05) is 18.8 Å². The quantitative estimate of drug-likeness (QED) is 0.411. The second-order valence-electron chi connectivity index (χ2n) is 6.32. The van der Waals surface area contributed by atoms with E-state index in [0.717, 1.165) is 4.90 Å². The van der Waals surface area contributed by atoms with E-state index in [1.807, 2.05) is 25.1 Å². The van der Waals surface area contributed by atoms with Gasteiger partial charge in [-0.05, 0) is 37.3 Å². The van der Waals surface area contributed by atoms with E-state index >= 15 is 0 Å². The van der Waals surface area contributed by atoms with Crippen molar-refractivity contribution < 1.29 is 23.9 Å². The van der Waals surface area contributed by atoms with Gasteiger partial charge >= 0.3 is 5.97 Å². The van der Waals surface area contributed by atoms with E-state index < -0.39 is 24.4 Å². The van der Waals surface area contributed by atoms with Crippen LogP contribution >= 0.6 is 0 Å². The monoisotopic (exact) mass is 392 g/mol. The molecule has 7 heteroatoms. The largest absolute Gasteiger partial charge is 0.452 e. The molecule has 0 bridgehead atoms. The zero-order valence-electron chi connectivity index (χ0n) is 16.0. The summed E-state index contributed by atoms with van der Waals surface area (Å²) in [6.07, 6.45) is 1.45. The number of ether oxygens (including phenoxy) is 1. The number of hydrogen-bond donors (Lipinski definition) is 0. The van der Waals surface area contributed by atoms with Gasteiger partial charge in [0.1, 0.15) is 0 Å². The third kappa shape index (κ3) is 3.94. The van der Waals surface area contributed by atoms with Gasteiger partial charge in [0.15, 0.2) is 6.61 Å². The predicted octanol–water partition coefficient (Wildman–Crippen LogP) is 2.68. The van der Waals surface area contributed by atoms with Gasteiger partial charge in [0.05, 0.1) is 16.7 Å². The predicted molar refractivity (Wildman–Crippen MR) is 107 cm³/mol. The molecule has 0 N–H and O–H groups in total. The Morgan fingerprint density at radius 1 is 1.07 bits per heavy atom. The van der Waals surface area contributed by atoms with Gasteiger partial charge in [-0.2, -0.15) is 0 Å². The Morgan fingerprint density at radius 2 is 1.76 bits per heavy atom. The summed E-state index contributed by atoms with van der Waals surface area (Å²) in [5.74, 6) is -2.03. The summed E-state index contributed by atoms with van der Waals surface area (Å²) in [6.45, 7) is 5.43.